The first-order valence-electron chi connectivity index (χ1n) is 6.91. The van der Waals surface area contributed by atoms with E-state index in [1.54, 1.807) is 6.26 Å². The number of hydrogen-bond donors (Lipinski definition) is 1. The molecule has 4 heteroatoms. The van der Waals surface area contributed by atoms with E-state index in [2.05, 4.69) is 17.9 Å². The minimum absolute atomic E-state index is 0.122. The highest BCUT2D eigenvalue weighted by atomic mass is 35.5. The van der Waals surface area contributed by atoms with E-state index >= 15 is 0 Å². The highest BCUT2D eigenvalue weighted by molar-refractivity contribution is 6.30. The van der Waals surface area contributed by atoms with Crippen molar-refractivity contribution in [2.45, 2.75) is 32.9 Å². The molecule has 1 aromatic heterocycles. The molecule has 0 amide bonds. The van der Waals surface area contributed by atoms with Crippen LogP contribution >= 0.6 is 11.6 Å². The first-order valence-corrected chi connectivity index (χ1v) is 7.29. The lowest BCUT2D eigenvalue weighted by molar-refractivity contribution is 0.503. The number of anilines is 1. The van der Waals surface area contributed by atoms with Crippen molar-refractivity contribution in [3.63, 3.8) is 0 Å². The van der Waals surface area contributed by atoms with Gasteiger partial charge in [-0.15, -0.1) is 0 Å². The summed E-state index contributed by atoms with van der Waals surface area (Å²) in [7, 11) is 0. The lowest BCUT2D eigenvalue weighted by atomic mass is 10.0. The summed E-state index contributed by atoms with van der Waals surface area (Å²) in [5.41, 5.74) is 8.29. The van der Waals surface area contributed by atoms with E-state index in [4.69, 9.17) is 21.8 Å². The summed E-state index contributed by atoms with van der Waals surface area (Å²) in [5.74, 6) is 0.943. The number of nitrogens with two attached hydrogens (primary N) is 1. The quantitative estimate of drug-likeness (QED) is 0.879. The van der Waals surface area contributed by atoms with Crippen LogP contribution in [0.15, 0.2) is 41.0 Å². The molecule has 0 radical (unpaired) electrons. The van der Waals surface area contributed by atoms with Crippen molar-refractivity contribution in [3.05, 3.63) is 52.9 Å². The van der Waals surface area contributed by atoms with Crippen LogP contribution in [0.5, 0.6) is 0 Å². The van der Waals surface area contributed by atoms with Crippen molar-refractivity contribution >= 4 is 17.3 Å². The van der Waals surface area contributed by atoms with Crippen molar-refractivity contribution < 1.29 is 4.42 Å². The highest BCUT2D eigenvalue weighted by Crippen LogP contribution is 2.27. The third-order valence-corrected chi connectivity index (χ3v) is 3.47. The summed E-state index contributed by atoms with van der Waals surface area (Å²) in [6, 6.07) is 10.0. The molecule has 0 aliphatic carbocycles. The summed E-state index contributed by atoms with van der Waals surface area (Å²) >= 11 is 6.15. The molecule has 0 bridgehead atoms. The second-order valence-electron chi connectivity index (χ2n) is 5.05. The summed E-state index contributed by atoms with van der Waals surface area (Å²) in [4.78, 5) is 2.25. The number of nitrogens with zero attached hydrogens (tertiary/aromatic N) is 1. The first kappa shape index (κ1) is 14.9. The minimum atomic E-state index is 0.122. The van der Waals surface area contributed by atoms with E-state index in [9.17, 15) is 0 Å². The van der Waals surface area contributed by atoms with E-state index in [0.29, 0.717) is 0 Å². The van der Waals surface area contributed by atoms with Gasteiger partial charge in [0.05, 0.1) is 12.8 Å². The predicted octanol–water partition coefficient (Wildman–Crippen LogP) is 3.85. The molecule has 3 nitrogen and oxygen atoms in total. The third kappa shape index (κ3) is 3.78. The lowest BCUT2D eigenvalue weighted by Gasteiger charge is -2.25. The molecule has 0 aliphatic heterocycles. The molecule has 108 valence electrons. The van der Waals surface area contributed by atoms with Gasteiger partial charge in [-0.25, -0.2) is 0 Å². The van der Waals surface area contributed by atoms with Crippen LogP contribution in [0.25, 0.3) is 0 Å². The van der Waals surface area contributed by atoms with E-state index in [1.165, 1.54) is 5.56 Å². The average Bonchev–Trinajstić information content (AvgIpc) is 2.90. The Morgan fingerprint density at radius 1 is 1.35 bits per heavy atom. The molecule has 2 N–H and O–H groups in total. The minimum Gasteiger partial charge on any atom is -0.467 e. The standard InChI is InChI=1S/C16H21ClN2O/c1-3-19(11-15-5-4-8-20-15)16-10-14(17)7-6-13(16)9-12(2)18/h4-8,10,12H,3,9,11,18H2,1-2H3. The van der Waals surface area contributed by atoms with Crippen molar-refractivity contribution in [2.24, 2.45) is 5.73 Å². The number of benzene rings is 1. The average molecular weight is 293 g/mol. The van der Waals surface area contributed by atoms with E-state index in [1.807, 2.05) is 31.2 Å². The zero-order valence-electron chi connectivity index (χ0n) is 12.0. The molecule has 1 aromatic carbocycles. The van der Waals surface area contributed by atoms with Gasteiger partial charge in [0.1, 0.15) is 5.76 Å². The summed E-state index contributed by atoms with van der Waals surface area (Å²) in [5, 5.41) is 0.742. The molecular weight excluding hydrogens is 272 g/mol. The van der Waals surface area contributed by atoms with Gasteiger partial charge in [0.25, 0.3) is 0 Å². The van der Waals surface area contributed by atoms with Crippen LogP contribution in [0.2, 0.25) is 5.02 Å². The largest absolute Gasteiger partial charge is 0.467 e. The number of furan rings is 1. The summed E-state index contributed by atoms with van der Waals surface area (Å²) in [6.45, 7) is 5.75. The van der Waals surface area contributed by atoms with Crippen LogP contribution < -0.4 is 10.6 Å². The van der Waals surface area contributed by atoms with Crippen LogP contribution in [0.1, 0.15) is 25.2 Å². The molecular formula is C16H21ClN2O. The van der Waals surface area contributed by atoms with E-state index < -0.39 is 0 Å². The van der Waals surface area contributed by atoms with Gasteiger partial charge in [-0.05, 0) is 50.1 Å². The Hall–Kier alpha value is -1.45. The van der Waals surface area contributed by atoms with Gasteiger partial charge in [0, 0.05) is 23.3 Å². The Labute approximate surface area is 125 Å². The van der Waals surface area contributed by atoms with Gasteiger partial charge in [0.2, 0.25) is 0 Å². The van der Waals surface area contributed by atoms with Crippen LogP contribution in [0.4, 0.5) is 5.69 Å². The SMILES string of the molecule is CCN(Cc1ccco1)c1cc(Cl)ccc1CC(C)N. The Kier molecular flexibility index (Phi) is 5.10. The molecule has 0 saturated heterocycles. The Morgan fingerprint density at radius 2 is 2.15 bits per heavy atom. The molecule has 0 aliphatic rings. The molecule has 2 rings (SSSR count). The van der Waals surface area contributed by atoms with E-state index in [-0.39, 0.29) is 6.04 Å². The van der Waals surface area contributed by atoms with Crippen LogP contribution in [0.3, 0.4) is 0 Å². The second-order valence-corrected chi connectivity index (χ2v) is 5.48. The van der Waals surface area contributed by atoms with Crippen LogP contribution in [0, 0.1) is 0 Å². The van der Waals surface area contributed by atoms with Crippen molar-refractivity contribution in [2.75, 3.05) is 11.4 Å². The Morgan fingerprint density at radius 3 is 2.75 bits per heavy atom. The molecule has 0 saturated carbocycles. The molecule has 20 heavy (non-hydrogen) atoms. The molecule has 1 unspecified atom stereocenters. The Bertz CT molecular complexity index is 537. The smallest absolute Gasteiger partial charge is 0.123 e. The maximum Gasteiger partial charge on any atom is 0.123 e. The molecule has 0 fully saturated rings. The Balaban J connectivity index is 2.29. The monoisotopic (exact) mass is 292 g/mol. The van der Waals surface area contributed by atoms with E-state index in [0.717, 1.165) is 36.0 Å². The zero-order chi connectivity index (χ0) is 14.5. The van der Waals surface area contributed by atoms with Crippen molar-refractivity contribution in [3.8, 4) is 0 Å². The van der Waals surface area contributed by atoms with Crippen LogP contribution in [-0.2, 0) is 13.0 Å². The third-order valence-electron chi connectivity index (χ3n) is 3.24. The maximum absolute atomic E-state index is 6.15. The van der Waals surface area contributed by atoms with Crippen LogP contribution in [-0.4, -0.2) is 12.6 Å². The normalized spacial score (nSPS) is 12.4. The zero-order valence-corrected chi connectivity index (χ0v) is 12.7. The fourth-order valence-electron chi connectivity index (χ4n) is 2.31. The number of hydrogen-bond acceptors (Lipinski definition) is 3. The van der Waals surface area contributed by atoms with Gasteiger partial charge in [-0.2, -0.15) is 0 Å². The number of rotatable bonds is 6. The summed E-state index contributed by atoms with van der Waals surface area (Å²) in [6.07, 6.45) is 2.53. The fraction of sp³-hybridized carbons (Fsp3) is 0.375. The number of halogens is 1. The molecule has 2 aromatic rings. The second kappa shape index (κ2) is 6.82. The van der Waals surface area contributed by atoms with Crippen molar-refractivity contribution in [1.29, 1.82) is 0 Å². The van der Waals surface area contributed by atoms with Gasteiger partial charge in [-0.3, -0.25) is 0 Å². The van der Waals surface area contributed by atoms with Gasteiger partial charge in [-0.1, -0.05) is 17.7 Å². The molecule has 1 atom stereocenters. The van der Waals surface area contributed by atoms with Crippen molar-refractivity contribution in [1.82, 2.24) is 0 Å². The molecule has 1 heterocycles. The first-order chi connectivity index (χ1) is 9.60. The topological polar surface area (TPSA) is 42.4 Å². The lowest BCUT2D eigenvalue weighted by Crippen LogP contribution is -2.25. The summed E-state index contributed by atoms with van der Waals surface area (Å²) < 4.78 is 5.44. The molecule has 0 spiro atoms. The predicted molar refractivity (Wildman–Crippen MR) is 84.2 cm³/mol. The maximum atomic E-state index is 6.15. The van der Waals surface area contributed by atoms with Gasteiger partial charge in [0.15, 0.2) is 0 Å². The fourth-order valence-corrected chi connectivity index (χ4v) is 2.48. The highest BCUT2D eigenvalue weighted by Gasteiger charge is 2.13. The van der Waals surface area contributed by atoms with Gasteiger partial charge >= 0.3 is 0 Å². The van der Waals surface area contributed by atoms with Gasteiger partial charge < -0.3 is 15.1 Å².